The summed E-state index contributed by atoms with van der Waals surface area (Å²) in [6, 6.07) is 4.88. The number of primary amides is 2. The molecule has 0 aliphatic carbocycles. The lowest BCUT2D eigenvalue weighted by atomic mass is 10.1. The van der Waals surface area contributed by atoms with Gasteiger partial charge in [0.15, 0.2) is 6.29 Å². The predicted octanol–water partition coefficient (Wildman–Crippen LogP) is 0.0386. The maximum atomic E-state index is 11.0. The summed E-state index contributed by atoms with van der Waals surface area (Å²) in [6.07, 6.45) is 0.634. The van der Waals surface area contributed by atoms with Gasteiger partial charge in [0.2, 0.25) is 11.8 Å². The second-order valence-corrected chi connectivity index (χ2v) is 4.53. The van der Waals surface area contributed by atoms with Crippen molar-refractivity contribution >= 4 is 39.7 Å². The summed E-state index contributed by atoms with van der Waals surface area (Å²) >= 11 is 3.23. The van der Waals surface area contributed by atoms with Gasteiger partial charge in [-0.1, -0.05) is 15.9 Å². The van der Waals surface area contributed by atoms with Crippen LogP contribution in [0.5, 0.6) is 0 Å². The van der Waals surface area contributed by atoms with Crippen molar-refractivity contribution in [1.82, 2.24) is 0 Å². The first-order valence-electron chi connectivity index (χ1n) is 5.00. The van der Waals surface area contributed by atoms with Gasteiger partial charge >= 0.3 is 0 Å². The molecule has 0 heterocycles. The van der Waals surface area contributed by atoms with E-state index in [1.165, 1.54) is 4.90 Å². The Bertz CT molecular complexity index is 474. The third-order valence-corrected chi connectivity index (χ3v) is 2.64. The molecule has 6 nitrogen and oxygen atoms in total. The van der Waals surface area contributed by atoms with E-state index in [0.717, 1.165) is 0 Å². The van der Waals surface area contributed by atoms with Gasteiger partial charge in [-0.3, -0.25) is 14.4 Å². The number of anilines is 1. The zero-order valence-corrected chi connectivity index (χ0v) is 11.0. The average Bonchev–Trinajstić information content (AvgIpc) is 2.26. The summed E-state index contributed by atoms with van der Waals surface area (Å²) in [4.78, 5) is 34.3. The summed E-state index contributed by atoms with van der Waals surface area (Å²) in [5, 5.41) is 0. The highest BCUT2D eigenvalue weighted by atomic mass is 79.9. The Hall–Kier alpha value is -1.89. The molecule has 2 amide bonds. The van der Waals surface area contributed by atoms with Gasteiger partial charge in [-0.15, -0.1) is 0 Å². The van der Waals surface area contributed by atoms with Crippen LogP contribution in [0, 0.1) is 0 Å². The van der Waals surface area contributed by atoms with Gasteiger partial charge in [-0.25, -0.2) is 0 Å². The van der Waals surface area contributed by atoms with Crippen molar-refractivity contribution < 1.29 is 14.4 Å². The van der Waals surface area contributed by atoms with E-state index in [1.54, 1.807) is 18.2 Å². The molecule has 4 N–H and O–H groups in total. The summed E-state index contributed by atoms with van der Waals surface area (Å²) < 4.78 is 0.714. The Morgan fingerprint density at radius 1 is 1.22 bits per heavy atom. The monoisotopic (exact) mass is 313 g/mol. The number of aldehydes is 1. The predicted molar refractivity (Wildman–Crippen MR) is 70.1 cm³/mol. The average molecular weight is 314 g/mol. The number of carbonyl (C=O) groups excluding carboxylic acids is 3. The van der Waals surface area contributed by atoms with Crippen LogP contribution in [0.2, 0.25) is 0 Å². The van der Waals surface area contributed by atoms with Crippen molar-refractivity contribution in [2.45, 2.75) is 0 Å². The van der Waals surface area contributed by atoms with Crippen molar-refractivity contribution in [2.24, 2.45) is 11.5 Å². The fourth-order valence-electron chi connectivity index (χ4n) is 1.51. The zero-order chi connectivity index (χ0) is 13.7. The summed E-state index contributed by atoms with van der Waals surface area (Å²) in [5.74, 6) is -1.23. The van der Waals surface area contributed by atoms with E-state index in [-0.39, 0.29) is 13.1 Å². The molecule has 7 heteroatoms. The molecule has 0 saturated heterocycles. The highest BCUT2D eigenvalue weighted by molar-refractivity contribution is 9.10. The molecule has 0 aliphatic heterocycles. The Morgan fingerprint density at radius 3 is 2.22 bits per heavy atom. The number of rotatable bonds is 6. The minimum absolute atomic E-state index is 0.189. The number of carbonyl (C=O) groups is 3. The number of nitrogens with zero attached hydrogens (tertiary/aromatic N) is 1. The number of halogens is 1. The number of amides is 2. The summed E-state index contributed by atoms with van der Waals surface area (Å²) in [7, 11) is 0. The molecule has 18 heavy (non-hydrogen) atoms. The van der Waals surface area contributed by atoms with E-state index in [1.807, 2.05) is 0 Å². The minimum atomic E-state index is -0.615. The van der Waals surface area contributed by atoms with Gasteiger partial charge in [-0.05, 0) is 18.2 Å². The molecular weight excluding hydrogens is 302 g/mol. The Kier molecular flexibility index (Phi) is 4.85. The van der Waals surface area contributed by atoms with Crippen LogP contribution in [0.1, 0.15) is 10.4 Å². The molecular formula is C11H12BrN3O3. The second-order valence-electron chi connectivity index (χ2n) is 3.61. The lowest BCUT2D eigenvalue weighted by Gasteiger charge is -2.23. The lowest BCUT2D eigenvalue weighted by Crippen LogP contribution is -2.40. The van der Waals surface area contributed by atoms with Crippen molar-refractivity contribution in [3.05, 3.63) is 28.2 Å². The van der Waals surface area contributed by atoms with Crippen LogP contribution < -0.4 is 16.4 Å². The van der Waals surface area contributed by atoms with Crippen molar-refractivity contribution in [3.8, 4) is 0 Å². The van der Waals surface area contributed by atoms with Gasteiger partial charge < -0.3 is 16.4 Å². The van der Waals surface area contributed by atoms with E-state index in [4.69, 9.17) is 11.5 Å². The van der Waals surface area contributed by atoms with E-state index < -0.39 is 11.8 Å². The third kappa shape index (κ3) is 3.85. The van der Waals surface area contributed by atoms with Crippen LogP contribution in [-0.4, -0.2) is 31.2 Å². The molecule has 0 unspecified atom stereocenters. The van der Waals surface area contributed by atoms with Gasteiger partial charge in [0.1, 0.15) is 0 Å². The highest BCUT2D eigenvalue weighted by Gasteiger charge is 2.15. The quantitative estimate of drug-likeness (QED) is 0.723. The molecule has 1 aromatic rings. The number of nitrogens with two attached hydrogens (primary N) is 2. The van der Waals surface area contributed by atoms with Crippen molar-refractivity contribution in [2.75, 3.05) is 18.0 Å². The Labute approximate surface area is 112 Å². The molecule has 0 atom stereocenters. The van der Waals surface area contributed by atoms with Crippen molar-refractivity contribution in [1.29, 1.82) is 0 Å². The van der Waals surface area contributed by atoms with Gasteiger partial charge in [0.05, 0.1) is 13.1 Å². The standard InChI is InChI=1S/C11H12BrN3O3/c12-8-1-2-9(7(3-8)6-16)15(4-10(13)17)5-11(14)18/h1-3,6H,4-5H2,(H2,13,17)(H2,14,18). The fraction of sp³-hybridized carbons (Fsp3) is 0.182. The molecule has 0 saturated carbocycles. The van der Waals surface area contributed by atoms with Gasteiger partial charge in [0, 0.05) is 15.7 Å². The van der Waals surface area contributed by atoms with E-state index >= 15 is 0 Å². The largest absolute Gasteiger partial charge is 0.368 e. The van der Waals surface area contributed by atoms with Crippen LogP contribution in [0.15, 0.2) is 22.7 Å². The number of hydrogen-bond acceptors (Lipinski definition) is 4. The van der Waals surface area contributed by atoms with Crippen LogP contribution >= 0.6 is 15.9 Å². The van der Waals surface area contributed by atoms with Crippen molar-refractivity contribution in [3.63, 3.8) is 0 Å². The first kappa shape index (κ1) is 14.2. The van der Waals surface area contributed by atoms with E-state index in [9.17, 15) is 14.4 Å². The first-order chi connectivity index (χ1) is 8.43. The zero-order valence-electron chi connectivity index (χ0n) is 9.43. The molecule has 1 aromatic carbocycles. The van der Waals surface area contributed by atoms with Crippen LogP contribution in [-0.2, 0) is 9.59 Å². The van der Waals surface area contributed by atoms with Crippen LogP contribution in [0.25, 0.3) is 0 Å². The number of hydrogen-bond donors (Lipinski definition) is 2. The molecule has 1 rings (SSSR count). The fourth-order valence-corrected chi connectivity index (χ4v) is 1.89. The minimum Gasteiger partial charge on any atom is -0.368 e. The first-order valence-corrected chi connectivity index (χ1v) is 5.79. The molecule has 0 aliphatic rings. The molecule has 0 fully saturated rings. The molecule has 0 bridgehead atoms. The topological polar surface area (TPSA) is 106 Å². The summed E-state index contributed by atoms with van der Waals surface area (Å²) in [6.45, 7) is -0.378. The number of benzene rings is 1. The summed E-state index contributed by atoms with van der Waals surface area (Å²) in [5.41, 5.74) is 11.0. The maximum Gasteiger partial charge on any atom is 0.236 e. The van der Waals surface area contributed by atoms with E-state index in [2.05, 4.69) is 15.9 Å². The Balaban J connectivity index is 3.14. The molecule has 96 valence electrons. The van der Waals surface area contributed by atoms with E-state index in [0.29, 0.717) is 22.0 Å². The normalized spacial score (nSPS) is 9.83. The third-order valence-electron chi connectivity index (χ3n) is 2.15. The smallest absolute Gasteiger partial charge is 0.236 e. The second kappa shape index (κ2) is 6.15. The molecule has 0 aromatic heterocycles. The van der Waals surface area contributed by atoms with Gasteiger partial charge in [-0.2, -0.15) is 0 Å². The van der Waals surface area contributed by atoms with Gasteiger partial charge in [0.25, 0.3) is 0 Å². The van der Waals surface area contributed by atoms with Crippen LogP contribution in [0.4, 0.5) is 5.69 Å². The molecule has 0 spiro atoms. The highest BCUT2D eigenvalue weighted by Crippen LogP contribution is 2.23. The molecule has 0 radical (unpaired) electrons. The Morgan fingerprint density at radius 2 is 1.78 bits per heavy atom. The lowest BCUT2D eigenvalue weighted by molar-refractivity contribution is -0.117. The SMILES string of the molecule is NC(=O)CN(CC(N)=O)c1ccc(Br)cc1C=O. The van der Waals surface area contributed by atoms with Crippen LogP contribution in [0.3, 0.4) is 0 Å². The maximum absolute atomic E-state index is 11.0.